The molecule has 1 aromatic rings. The number of likely N-dealkylation sites (N-methyl/N-ethyl adjacent to an activating group) is 2. The van der Waals surface area contributed by atoms with Gasteiger partial charge in [0.2, 0.25) is 5.91 Å². The Kier molecular flexibility index (Phi) is 5.52. The molecule has 18 heavy (non-hydrogen) atoms. The van der Waals surface area contributed by atoms with Crippen molar-refractivity contribution in [1.29, 1.82) is 0 Å². The standard InChI is InChI=1S/C12H14FIN2O2/c1-3-16(7-11(17)15-2)12(18)9-5-4-8(13)6-10(9)14/h4-6H,3,7H2,1-2H3,(H,15,17). The summed E-state index contributed by atoms with van der Waals surface area (Å²) in [4.78, 5) is 24.9. The highest BCUT2D eigenvalue weighted by Gasteiger charge is 2.19. The third-order valence-corrected chi connectivity index (χ3v) is 3.34. The highest BCUT2D eigenvalue weighted by atomic mass is 127. The minimum Gasteiger partial charge on any atom is -0.358 e. The number of hydrogen-bond acceptors (Lipinski definition) is 2. The summed E-state index contributed by atoms with van der Waals surface area (Å²) in [5, 5.41) is 2.47. The Morgan fingerprint density at radius 3 is 2.61 bits per heavy atom. The molecule has 1 N–H and O–H groups in total. The maximum Gasteiger partial charge on any atom is 0.255 e. The maximum atomic E-state index is 13.0. The van der Waals surface area contributed by atoms with E-state index in [1.807, 2.05) is 22.6 Å². The lowest BCUT2D eigenvalue weighted by Gasteiger charge is -2.20. The van der Waals surface area contributed by atoms with Crippen LogP contribution in [0.5, 0.6) is 0 Å². The zero-order valence-electron chi connectivity index (χ0n) is 10.2. The van der Waals surface area contributed by atoms with Crippen LogP contribution in [-0.2, 0) is 4.79 Å². The van der Waals surface area contributed by atoms with Gasteiger partial charge >= 0.3 is 0 Å². The molecule has 4 nitrogen and oxygen atoms in total. The fourth-order valence-corrected chi connectivity index (χ4v) is 2.12. The number of carbonyl (C=O) groups excluding carboxylic acids is 2. The molecule has 0 radical (unpaired) electrons. The molecule has 0 saturated carbocycles. The van der Waals surface area contributed by atoms with E-state index in [-0.39, 0.29) is 24.2 Å². The van der Waals surface area contributed by atoms with Gasteiger partial charge in [-0.05, 0) is 47.7 Å². The molecule has 0 spiro atoms. The van der Waals surface area contributed by atoms with E-state index in [1.165, 1.54) is 30.1 Å². The summed E-state index contributed by atoms with van der Waals surface area (Å²) in [6.07, 6.45) is 0. The largest absolute Gasteiger partial charge is 0.358 e. The first kappa shape index (κ1) is 14.9. The number of amides is 2. The normalized spacial score (nSPS) is 10.0. The molecule has 6 heteroatoms. The van der Waals surface area contributed by atoms with E-state index in [0.717, 1.165) is 0 Å². The lowest BCUT2D eigenvalue weighted by molar-refractivity contribution is -0.121. The summed E-state index contributed by atoms with van der Waals surface area (Å²) in [6.45, 7) is 2.20. The summed E-state index contributed by atoms with van der Waals surface area (Å²) < 4.78 is 13.5. The highest BCUT2D eigenvalue weighted by Crippen LogP contribution is 2.16. The number of carbonyl (C=O) groups is 2. The molecular weight excluding hydrogens is 350 g/mol. The molecule has 0 aromatic heterocycles. The molecule has 0 aliphatic rings. The molecule has 0 atom stereocenters. The van der Waals surface area contributed by atoms with E-state index < -0.39 is 0 Å². The van der Waals surface area contributed by atoms with Gasteiger partial charge in [0.1, 0.15) is 5.82 Å². The van der Waals surface area contributed by atoms with Gasteiger partial charge in [-0.2, -0.15) is 0 Å². The zero-order chi connectivity index (χ0) is 13.7. The molecule has 0 aliphatic carbocycles. The average molecular weight is 364 g/mol. The lowest BCUT2D eigenvalue weighted by Crippen LogP contribution is -2.39. The SMILES string of the molecule is CCN(CC(=O)NC)C(=O)c1ccc(F)cc1I. The Labute approximate surface area is 119 Å². The van der Waals surface area contributed by atoms with Gasteiger partial charge in [-0.15, -0.1) is 0 Å². The number of benzene rings is 1. The Hall–Kier alpha value is -1.18. The summed E-state index contributed by atoms with van der Waals surface area (Å²) in [7, 11) is 1.52. The van der Waals surface area contributed by atoms with Crippen molar-refractivity contribution in [3.8, 4) is 0 Å². The quantitative estimate of drug-likeness (QED) is 0.826. The van der Waals surface area contributed by atoms with E-state index >= 15 is 0 Å². The van der Waals surface area contributed by atoms with Crippen molar-refractivity contribution in [2.45, 2.75) is 6.92 Å². The first-order valence-electron chi connectivity index (χ1n) is 5.44. The smallest absolute Gasteiger partial charge is 0.255 e. The van der Waals surface area contributed by atoms with Gasteiger partial charge in [-0.1, -0.05) is 0 Å². The van der Waals surface area contributed by atoms with Gasteiger partial charge < -0.3 is 10.2 Å². The van der Waals surface area contributed by atoms with Crippen LogP contribution < -0.4 is 5.32 Å². The molecule has 1 rings (SSSR count). The van der Waals surface area contributed by atoms with Crippen molar-refractivity contribution in [3.63, 3.8) is 0 Å². The van der Waals surface area contributed by atoms with Crippen LogP contribution in [0.15, 0.2) is 18.2 Å². The van der Waals surface area contributed by atoms with Gasteiger partial charge in [-0.25, -0.2) is 4.39 Å². The highest BCUT2D eigenvalue weighted by molar-refractivity contribution is 14.1. The van der Waals surface area contributed by atoms with Crippen molar-refractivity contribution in [2.24, 2.45) is 0 Å². The number of halogens is 2. The Morgan fingerprint density at radius 2 is 2.11 bits per heavy atom. The van der Waals surface area contributed by atoms with Gasteiger partial charge in [0, 0.05) is 17.2 Å². The monoisotopic (exact) mass is 364 g/mol. The first-order chi connectivity index (χ1) is 8.49. The third-order valence-electron chi connectivity index (χ3n) is 2.44. The van der Waals surface area contributed by atoms with Gasteiger partial charge in [0.25, 0.3) is 5.91 Å². The summed E-state index contributed by atoms with van der Waals surface area (Å²) in [6, 6.07) is 3.97. The van der Waals surface area contributed by atoms with Crippen molar-refractivity contribution < 1.29 is 14.0 Å². The van der Waals surface area contributed by atoms with Crippen molar-refractivity contribution in [1.82, 2.24) is 10.2 Å². The van der Waals surface area contributed by atoms with Crippen molar-refractivity contribution >= 4 is 34.4 Å². The van der Waals surface area contributed by atoms with Crippen molar-refractivity contribution in [2.75, 3.05) is 20.1 Å². The third kappa shape index (κ3) is 3.66. The number of nitrogens with one attached hydrogen (secondary N) is 1. The second-order valence-electron chi connectivity index (χ2n) is 3.62. The minimum absolute atomic E-state index is 0.000705. The zero-order valence-corrected chi connectivity index (χ0v) is 12.3. The van der Waals surface area contributed by atoms with Gasteiger partial charge in [0.05, 0.1) is 12.1 Å². The Balaban J connectivity index is 2.93. The average Bonchev–Trinajstić information content (AvgIpc) is 2.34. The topological polar surface area (TPSA) is 49.4 Å². The molecule has 2 amide bonds. The van der Waals surface area contributed by atoms with Crippen LogP contribution >= 0.6 is 22.6 Å². The fraction of sp³-hybridized carbons (Fsp3) is 0.333. The van der Waals surface area contributed by atoms with Gasteiger partial charge in [0.15, 0.2) is 0 Å². The second-order valence-corrected chi connectivity index (χ2v) is 4.78. The van der Waals surface area contributed by atoms with E-state index in [4.69, 9.17) is 0 Å². The fourth-order valence-electron chi connectivity index (χ4n) is 1.41. The minimum atomic E-state index is -0.384. The molecule has 0 fully saturated rings. The second kappa shape index (κ2) is 6.67. The molecule has 0 saturated heterocycles. The Bertz CT molecular complexity index is 465. The number of hydrogen-bond donors (Lipinski definition) is 1. The van der Waals surface area contributed by atoms with Crippen LogP contribution in [0.25, 0.3) is 0 Å². The number of nitrogens with zero attached hydrogens (tertiary/aromatic N) is 1. The van der Waals surface area contributed by atoms with Crippen molar-refractivity contribution in [3.05, 3.63) is 33.1 Å². The van der Waals surface area contributed by atoms with E-state index in [0.29, 0.717) is 15.7 Å². The molecule has 1 aromatic carbocycles. The van der Waals surface area contributed by atoms with E-state index in [9.17, 15) is 14.0 Å². The van der Waals surface area contributed by atoms with Crippen LogP contribution in [0.2, 0.25) is 0 Å². The summed E-state index contributed by atoms with van der Waals surface area (Å²) >= 11 is 1.91. The van der Waals surface area contributed by atoms with Crippen LogP contribution in [0.3, 0.4) is 0 Å². The maximum absolute atomic E-state index is 13.0. The molecule has 0 heterocycles. The first-order valence-corrected chi connectivity index (χ1v) is 6.52. The summed E-state index contributed by atoms with van der Waals surface area (Å²) in [5.74, 6) is -0.891. The number of rotatable bonds is 4. The Morgan fingerprint density at radius 1 is 1.44 bits per heavy atom. The van der Waals surface area contributed by atoms with Crippen LogP contribution in [0, 0.1) is 9.39 Å². The predicted molar refractivity (Wildman–Crippen MR) is 74.8 cm³/mol. The molecule has 0 unspecified atom stereocenters. The molecular formula is C12H14FIN2O2. The van der Waals surface area contributed by atoms with Crippen LogP contribution in [0.1, 0.15) is 17.3 Å². The molecule has 0 aliphatic heterocycles. The van der Waals surface area contributed by atoms with Crippen LogP contribution in [0.4, 0.5) is 4.39 Å². The predicted octanol–water partition coefficient (Wildman–Crippen LogP) is 1.64. The lowest BCUT2D eigenvalue weighted by atomic mass is 10.2. The molecule has 0 bridgehead atoms. The van der Waals surface area contributed by atoms with E-state index in [1.54, 1.807) is 6.92 Å². The van der Waals surface area contributed by atoms with Gasteiger partial charge in [-0.3, -0.25) is 9.59 Å². The van der Waals surface area contributed by atoms with Crippen LogP contribution in [-0.4, -0.2) is 36.9 Å². The van der Waals surface area contributed by atoms with E-state index in [2.05, 4.69) is 5.32 Å². The molecule has 98 valence electrons. The summed E-state index contributed by atoms with van der Waals surface area (Å²) in [5.41, 5.74) is 0.405.